The Balaban J connectivity index is 3.35. The van der Waals surface area contributed by atoms with Crippen molar-refractivity contribution in [2.75, 3.05) is 47.6 Å². The van der Waals surface area contributed by atoms with Crippen LogP contribution in [0.15, 0.2) is 0 Å². The molecule has 0 radical (unpaired) electrons. The monoisotopic (exact) mass is 190 g/mol. The molecule has 2 N–H and O–H groups in total. The summed E-state index contributed by atoms with van der Waals surface area (Å²) in [5.41, 5.74) is 5.87. The van der Waals surface area contributed by atoms with Gasteiger partial charge < -0.3 is 20.1 Å². The van der Waals surface area contributed by atoms with Crippen molar-refractivity contribution in [3.63, 3.8) is 0 Å². The first-order valence-electron chi connectivity index (χ1n) is 4.62. The van der Waals surface area contributed by atoms with Crippen LogP contribution < -0.4 is 5.73 Å². The molecule has 4 heteroatoms. The fourth-order valence-electron chi connectivity index (χ4n) is 1.10. The molecular formula is C9H22N2O2. The molecule has 13 heavy (non-hydrogen) atoms. The van der Waals surface area contributed by atoms with Crippen molar-refractivity contribution in [3.8, 4) is 0 Å². The molecule has 80 valence electrons. The lowest BCUT2D eigenvalue weighted by molar-refractivity contribution is 0.149. The number of ether oxygens (including phenoxy) is 2. The molecule has 0 aromatic heterocycles. The van der Waals surface area contributed by atoms with Gasteiger partial charge in [0.05, 0.1) is 6.61 Å². The number of methoxy groups -OCH3 is 2. The van der Waals surface area contributed by atoms with E-state index in [1.54, 1.807) is 14.2 Å². The van der Waals surface area contributed by atoms with Crippen LogP contribution in [-0.4, -0.2) is 58.5 Å². The lowest BCUT2D eigenvalue weighted by Gasteiger charge is -2.20. The van der Waals surface area contributed by atoms with Gasteiger partial charge in [0.2, 0.25) is 0 Å². The second-order valence-electron chi connectivity index (χ2n) is 3.30. The minimum atomic E-state index is 0.196. The van der Waals surface area contributed by atoms with Gasteiger partial charge in [-0.05, 0) is 13.5 Å². The van der Waals surface area contributed by atoms with Crippen LogP contribution in [0.25, 0.3) is 0 Å². The Morgan fingerprint density at radius 3 is 2.38 bits per heavy atom. The van der Waals surface area contributed by atoms with E-state index in [4.69, 9.17) is 15.2 Å². The van der Waals surface area contributed by atoms with E-state index in [9.17, 15) is 0 Å². The maximum Gasteiger partial charge on any atom is 0.0589 e. The van der Waals surface area contributed by atoms with Crippen LogP contribution in [0.4, 0.5) is 0 Å². The molecular weight excluding hydrogens is 168 g/mol. The molecule has 0 rings (SSSR count). The van der Waals surface area contributed by atoms with E-state index in [2.05, 4.69) is 4.90 Å². The zero-order valence-electron chi connectivity index (χ0n) is 8.95. The van der Waals surface area contributed by atoms with Gasteiger partial charge in [0.1, 0.15) is 0 Å². The zero-order valence-corrected chi connectivity index (χ0v) is 8.95. The molecule has 1 atom stereocenters. The Bertz CT molecular complexity index is 99.8. The Morgan fingerprint density at radius 1 is 1.23 bits per heavy atom. The third kappa shape index (κ3) is 8.18. The van der Waals surface area contributed by atoms with Gasteiger partial charge in [-0.15, -0.1) is 0 Å². The first kappa shape index (κ1) is 12.8. The molecule has 0 aromatic rings. The highest BCUT2D eigenvalue weighted by atomic mass is 16.5. The molecule has 0 heterocycles. The van der Waals surface area contributed by atoms with Crippen molar-refractivity contribution >= 4 is 0 Å². The second-order valence-corrected chi connectivity index (χ2v) is 3.30. The van der Waals surface area contributed by atoms with E-state index < -0.39 is 0 Å². The van der Waals surface area contributed by atoms with E-state index >= 15 is 0 Å². The average Bonchev–Trinajstić information content (AvgIpc) is 2.11. The van der Waals surface area contributed by atoms with Crippen LogP contribution in [0.5, 0.6) is 0 Å². The van der Waals surface area contributed by atoms with Crippen LogP contribution in [-0.2, 0) is 9.47 Å². The third-order valence-corrected chi connectivity index (χ3v) is 1.92. The summed E-state index contributed by atoms with van der Waals surface area (Å²) in [5, 5.41) is 0. The molecule has 4 nitrogen and oxygen atoms in total. The maximum atomic E-state index is 5.87. The summed E-state index contributed by atoms with van der Waals surface area (Å²) in [6.45, 7) is 3.32. The summed E-state index contributed by atoms with van der Waals surface area (Å²) in [6.07, 6.45) is 0.911. The molecule has 0 aliphatic rings. The van der Waals surface area contributed by atoms with Crippen molar-refractivity contribution in [2.24, 2.45) is 5.73 Å². The van der Waals surface area contributed by atoms with Crippen molar-refractivity contribution < 1.29 is 9.47 Å². The van der Waals surface area contributed by atoms with Crippen molar-refractivity contribution in [1.82, 2.24) is 4.90 Å². The highest BCUT2D eigenvalue weighted by Crippen LogP contribution is 1.92. The van der Waals surface area contributed by atoms with Gasteiger partial charge in [-0.3, -0.25) is 0 Å². The van der Waals surface area contributed by atoms with E-state index in [1.165, 1.54) is 0 Å². The smallest absolute Gasteiger partial charge is 0.0589 e. The van der Waals surface area contributed by atoms with Gasteiger partial charge in [-0.2, -0.15) is 0 Å². The molecule has 0 aromatic carbocycles. The molecule has 1 unspecified atom stereocenters. The number of likely N-dealkylation sites (N-methyl/N-ethyl adjacent to an activating group) is 1. The number of rotatable bonds is 8. The quantitative estimate of drug-likeness (QED) is 0.582. The standard InChI is InChI=1S/C9H22N2O2/c1-11(5-7-13-3)8-9(10)4-6-12-2/h9H,4-8,10H2,1-3H3. The molecule has 0 aliphatic heterocycles. The molecule has 0 fully saturated rings. The molecule has 0 saturated heterocycles. The van der Waals surface area contributed by atoms with Gasteiger partial charge in [0.15, 0.2) is 0 Å². The number of nitrogens with zero attached hydrogens (tertiary/aromatic N) is 1. The van der Waals surface area contributed by atoms with Crippen LogP contribution in [0, 0.1) is 0 Å². The molecule has 0 saturated carbocycles. The second kappa shape index (κ2) is 8.44. The molecule has 0 aliphatic carbocycles. The first-order chi connectivity index (χ1) is 6.20. The van der Waals surface area contributed by atoms with Crippen LogP contribution in [0.3, 0.4) is 0 Å². The van der Waals surface area contributed by atoms with Crippen LogP contribution >= 0.6 is 0 Å². The molecule has 0 spiro atoms. The lowest BCUT2D eigenvalue weighted by atomic mass is 10.2. The largest absolute Gasteiger partial charge is 0.385 e. The zero-order chi connectivity index (χ0) is 10.1. The fraction of sp³-hybridized carbons (Fsp3) is 1.00. The number of hydrogen-bond acceptors (Lipinski definition) is 4. The summed E-state index contributed by atoms with van der Waals surface area (Å²) < 4.78 is 9.92. The highest BCUT2D eigenvalue weighted by Gasteiger charge is 2.05. The summed E-state index contributed by atoms with van der Waals surface area (Å²) in [7, 11) is 5.45. The van der Waals surface area contributed by atoms with Crippen molar-refractivity contribution in [1.29, 1.82) is 0 Å². The van der Waals surface area contributed by atoms with Crippen molar-refractivity contribution in [3.05, 3.63) is 0 Å². The summed E-state index contributed by atoms with van der Waals surface area (Å²) in [4.78, 5) is 2.17. The predicted octanol–water partition coefficient (Wildman–Crippen LogP) is -0.0716. The number of hydrogen-bond donors (Lipinski definition) is 1. The number of nitrogens with two attached hydrogens (primary N) is 1. The van der Waals surface area contributed by atoms with Gasteiger partial charge in [0.25, 0.3) is 0 Å². The summed E-state index contributed by atoms with van der Waals surface area (Å²) in [5.74, 6) is 0. The minimum absolute atomic E-state index is 0.196. The van der Waals surface area contributed by atoms with Gasteiger partial charge >= 0.3 is 0 Å². The minimum Gasteiger partial charge on any atom is -0.385 e. The summed E-state index contributed by atoms with van der Waals surface area (Å²) >= 11 is 0. The molecule has 0 bridgehead atoms. The predicted molar refractivity (Wildman–Crippen MR) is 53.8 cm³/mol. The summed E-state index contributed by atoms with van der Waals surface area (Å²) in [6, 6.07) is 0.196. The van der Waals surface area contributed by atoms with Crippen LogP contribution in [0.1, 0.15) is 6.42 Å². The van der Waals surface area contributed by atoms with E-state index in [0.717, 1.165) is 32.7 Å². The first-order valence-corrected chi connectivity index (χ1v) is 4.62. The Labute approximate surface area is 81.0 Å². The topological polar surface area (TPSA) is 47.7 Å². The maximum absolute atomic E-state index is 5.87. The fourth-order valence-corrected chi connectivity index (χ4v) is 1.10. The van der Waals surface area contributed by atoms with E-state index in [-0.39, 0.29) is 6.04 Å². The Morgan fingerprint density at radius 2 is 1.85 bits per heavy atom. The van der Waals surface area contributed by atoms with E-state index in [0.29, 0.717) is 0 Å². The highest BCUT2D eigenvalue weighted by molar-refractivity contribution is 4.65. The van der Waals surface area contributed by atoms with Gasteiger partial charge in [-0.1, -0.05) is 0 Å². The average molecular weight is 190 g/mol. The molecule has 0 amide bonds. The van der Waals surface area contributed by atoms with Crippen molar-refractivity contribution in [2.45, 2.75) is 12.5 Å². The Kier molecular flexibility index (Phi) is 8.33. The van der Waals surface area contributed by atoms with E-state index in [1.807, 2.05) is 7.05 Å². The van der Waals surface area contributed by atoms with Gasteiger partial charge in [0, 0.05) is 40.0 Å². The third-order valence-electron chi connectivity index (χ3n) is 1.92. The van der Waals surface area contributed by atoms with Gasteiger partial charge in [-0.25, -0.2) is 0 Å². The Hall–Kier alpha value is -0.160. The normalized spacial score (nSPS) is 13.6. The SMILES string of the molecule is COCCC(N)CN(C)CCOC. The van der Waals surface area contributed by atoms with Crippen LogP contribution in [0.2, 0.25) is 0 Å². The lowest BCUT2D eigenvalue weighted by Crippen LogP contribution is -2.37.